The van der Waals surface area contributed by atoms with Crippen molar-refractivity contribution in [3.05, 3.63) is 22.9 Å². The molecule has 0 bridgehead atoms. The fourth-order valence-electron chi connectivity index (χ4n) is 3.09. The smallest absolute Gasteiger partial charge is 0.348 e. The topological polar surface area (TPSA) is 78.3 Å². The van der Waals surface area contributed by atoms with Crippen LogP contribution in [0.4, 0.5) is 5.82 Å². The Hall–Kier alpha value is -1.89. The maximum absolute atomic E-state index is 11.5. The van der Waals surface area contributed by atoms with E-state index in [0.717, 1.165) is 25.5 Å². The van der Waals surface area contributed by atoms with Gasteiger partial charge in [0.05, 0.1) is 0 Å². The number of H-pyrrole nitrogens is 1. The molecule has 1 aliphatic heterocycles. The Bertz CT molecular complexity index is 663. The van der Waals surface area contributed by atoms with Gasteiger partial charge in [-0.3, -0.25) is 0 Å². The first-order valence-corrected chi connectivity index (χ1v) is 7.60. The fraction of sp³-hybridized carbons (Fsp3) is 0.643. The average molecular weight is 290 g/mol. The van der Waals surface area contributed by atoms with E-state index < -0.39 is 0 Å². The molecule has 3 heterocycles. The molecule has 2 N–H and O–H groups in total. The molecule has 21 heavy (non-hydrogen) atoms. The van der Waals surface area contributed by atoms with Gasteiger partial charge in [-0.15, -0.1) is 0 Å². The van der Waals surface area contributed by atoms with E-state index in [9.17, 15) is 4.79 Å². The first kappa shape index (κ1) is 14.1. The van der Waals surface area contributed by atoms with Crippen molar-refractivity contribution >= 4 is 11.5 Å². The standard InChI is InChI=1S/C14H22N6O/c1-3-15-10(2)11-5-4-6-19(8-11)12-7-13-17-18-14(21)20(13)9-16-12/h7,9-11,15H,3-6,8H2,1-2H3,(H,18,21). The van der Waals surface area contributed by atoms with Gasteiger partial charge in [-0.25, -0.2) is 19.3 Å². The molecule has 0 aromatic carbocycles. The van der Waals surface area contributed by atoms with Crippen molar-refractivity contribution in [3.63, 3.8) is 0 Å². The quantitative estimate of drug-likeness (QED) is 0.863. The van der Waals surface area contributed by atoms with Crippen LogP contribution in [0.3, 0.4) is 0 Å². The molecule has 7 nitrogen and oxygen atoms in total. The maximum Gasteiger partial charge on any atom is 0.348 e. The summed E-state index contributed by atoms with van der Waals surface area (Å²) in [6, 6.07) is 2.38. The summed E-state index contributed by atoms with van der Waals surface area (Å²) in [5.41, 5.74) is 0.369. The summed E-state index contributed by atoms with van der Waals surface area (Å²) >= 11 is 0. The Balaban J connectivity index is 1.79. The third kappa shape index (κ3) is 2.78. The fourth-order valence-corrected chi connectivity index (χ4v) is 3.09. The number of nitrogens with one attached hydrogen (secondary N) is 2. The predicted molar refractivity (Wildman–Crippen MR) is 81.7 cm³/mol. The third-order valence-corrected chi connectivity index (χ3v) is 4.31. The van der Waals surface area contributed by atoms with Crippen LogP contribution in [0.25, 0.3) is 5.65 Å². The Kier molecular flexibility index (Phi) is 3.92. The highest BCUT2D eigenvalue weighted by molar-refractivity contribution is 5.50. The molecule has 2 aromatic heterocycles. The van der Waals surface area contributed by atoms with Crippen molar-refractivity contribution in [3.8, 4) is 0 Å². The highest BCUT2D eigenvalue weighted by Crippen LogP contribution is 2.24. The van der Waals surface area contributed by atoms with E-state index in [0.29, 0.717) is 17.6 Å². The molecule has 3 rings (SSSR count). The average Bonchev–Trinajstić information content (AvgIpc) is 2.88. The number of rotatable bonds is 4. The number of fused-ring (bicyclic) bond motifs is 1. The van der Waals surface area contributed by atoms with Gasteiger partial charge < -0.3 is 10.2 Å². The molecule has 0 amide bonds. The minimum Gasteiger partial charge on any atom is -0.356 e. The maximum atomic E-state index is 11.5. The number of aromatic nitrogens is 4. The van der Waals surface area contributed by atoms with Crippen LogP contribution in [0.2, 0.25) is 0 Å². The summed E-state index contributed by atoms with van der Waals surface area (Å²) in [4.78, 5) is 18.2. The van der Waals surface area contributed by atoms with Crippen LogP contribution in [0.1, 0.15) is 26.7 Å². The van der Waals surface area contributed by atoms with Crippen molar-refractivity contribution in [1.29, 1.82) is 0 Å². The lowest BCUT2D eigenvalue weighted by molar-refractivity contribution is 0.323. The highest BCUT2D eigenvalue weighted by Gasteiger charge is 2.25. The van der Waals surface area contributed by atoms with Gasteiger partial charge >= 0.3 is 5.69 Å². The van der Waals surface area contributed by atoms with E-state index in [2.05, 4.69) is 39.2 Å². The Morgan fingerprint density at radius 2 is 2.43 bits per heavy atom. The molecule has 2 atom stereocenters. The second-order valence-corrected chi connectivity index (χ2v) is 5.70. The van der Waals surface area contributed by atoms with Crippen LogP contribution in [-0.2, 0) is 0 Å². The Labute approximate surface area is 123 Å². The van der Waals surface area contributed by atoms with E-state index in [1.54, 1.807) is 6.33 Å². The molecule has 1 saturated heterocycles. The van der Waals surface area contributed by atoms with Gasteiger partial charge in [-0.2, -0.15) is 5.10 Å². The summed E-state index contributed by atoms with van der Waals surface area (Å²) in [5, 5.41) is 9.95. The zero-order valence-electron chi connectivity index (χ0n) is 12.5. The molecule has 1 fully saturated rings. The number of anilines is 1. The zero-order valence-corrected chi connectivity index (χ0v) is 12.5. The SMILES string of the molecule is CCNC(C)C1CCCN(c2cc3n[nH]c(=O)n3cn2)C1. The minimum absolute atomic E-state index is 0.249. The van der Waals surface area contributed by atoms with E-state index in [-0.39, 0.29) is 5.69 Å². The van der Waals surface area contributed by atoms with Gasteiger partial charge in [-0.05, 0) is 32.2 Å². The first-order chi connectivity index (χ1) is 10.2. The number of nitrogens with zero attached hydrogens (tertiary/aromatic N) is 4. The van der Waals surface area contributed by atoms with Gasteiger partial charge in [0.2, 0.25) is 0 Å². The van der Waals surface area contributed by atoms with Crippen LogP contribution in [0, 0.1) is 5.92 Å². The van der Waals surface area contributed by atoms with Gasteiger partial charge in [0, 0.05) is 25.2 Å². The lowest BCUT2D eigenvalue weighted by atomic mass is 9.91. The Morgan fingerprint density at radius 1 is 1.57 bits per heavy atom. The number of aromatic amines is 1. The molecule has 0 aliphatic carbocycles. The number of hydrogen-bond donors (Lipinski definition) is 2. The van der Waals surface area contributed by atoms with Crippen molar-refractivity contribution in [2.24, 2.45) is 5.92 Å². The molecule has 114 valence electrons. The predicted octanol–water partition coefficient (Wildman–Crippen LogP) is 0.632. The van der Waals surface area contributed by atoms with Crippen molar-refractivity contribution in [2.45, 2.75) is 32.7 Å². The zero-order chi connectivity index (χ0) is 14.8. The monoisotopic (exact) mass is 290 g/mol. The lowest BCUT2D eigenvalue weighted by Crippen LogP contribution is -2.44. The van der Waals surface area contributed by atoms with Crippen molar-refractivity contribution in [2.75, 3.05) is 24.5 Å². The van der Waals surface area contributed by atoms with Crippen LogP contribution >= 0.6 is 0 Å². The number of piperidine rings is 1. The lowest BCUT2D eigenvalue weighted by Gasteiger charge is -2.36. The van der Waals surface area contributed by atoms with Gasteiger partial charge in [0.25, 0.3) is 0 Å². The highest BCUT2D eigenvalue weighted by atomic mass is 16.1. The Morgan fingerprint density at radius 3 is 3.24 bits per heavy atom. The summed E-state index contributed by atoms with van der Waals surface area (Å²) in [6.45, 7) is 7.39. The summed E-state index contributed by atoms with van der Waals surface area (Å²) in [5.74, 6) is 1.52. The third-order valence-electron chi connectivity index (χ3n) is 4.31. The molecule has 0 radical (unpaired) electrons. The second kappa shape index (κ2) is 5.85. The van der Waals surface area contributed by atoms with E-state index in [1.165, 1.54) is 17.2 Å². The summed E-state index contributed by atoms with van der Waals surface area (Å²) in [7, 11) is 0. The van der Waals surface area contributed by atoms with Crippen LogP contribution in [0.15, 0.2) is 17.2 Å². The molecule has 2 unspecified atom stereocenters. The molecular formula is C14H22N6O. The van der Waals surface area contributed by atoms with E-state index in [1.807, 2.05) is 6.07 Å². The van der Waals surface area contributed by atoms with Crippen molar-refractivity contribution < 1.29 is 0 Å². The molecule has 0 spiro atoms. The van der Waals surface area contributed by atoms with Gasteiger partial charge in [-0.1, -0.05) is 6.92 Å². The van der Waals surface area contributed by atoms with Crippen LogP contribution in [-0.4, -0.2) is 45.3 Å². The second-order valence-electron chi connectivity index (χ2n) is 5.70. The first-order valence-electron chi connectivity index (χ1n) is 7.60. The van der Waals surface area contributed by atoms with E-state index >= 15 is 0 Å². The largest absolute Gasteiger partial charge is 0.356 e. The van der Waals surface area contributed by atoms with Crippen LogP contribution < -0.4 is 15.9 Å². The molecule has 0 saturated carbocycles. The molecular weight excluding hydrogens is 268 g/mol. The molecule has 1 aliphatic rings. The summed E-state index contributed by atoms with van der Waals surface area (Å²) < 4.78 is 1.42. The van der Waals surface area contributed by atoms with Gasteiger partial charge in [0.1, 0.15) is 12.1 Å². The summed E-state index contributed by atoms with van der Waals surface area (Å²) in [6.07, 6.45) is 3.96. The van der Waals surface area contributed by atoms with E-state index in [4.69, 9.17) is 0 Å². The molecule has 7 heteroatoms. The number of hydrogen-bond acceptors (Lipinski definition) is 5. The molecule has 2 aromatic rings. The minimum atomic E-state index is -0.249. The normalized spacial score (nSPS) is 20.9. The van der Waals surface area contributed by atoms with Crippen LogP contribution in [0.5, 0.6) is 0 Å². The van der Waals surface area contributed by atoms with Crippen molar-refractivity contribution in [1.82, 2.24) is 24.9 Å². The van der Waals surface area contributed by atoms with Gasteiger partial charge in [0.15, 0.2) is 5.65 Å².